The molecular weight excluding hydrogens is 254 g/mol. The average molecular weight is 267 g/mol. The number of aryl methyl sites for hydroxylation is 1. The Morgan fingerprint density at radius 1 is 1.05 bits per heavy atom. The van der Waals surface area contributed by atoms with E-state index in [4.69, 9.17) is 9.84 Å². The summed E-state index contributed by atoms with van der Waals surface area (Å²) in [5.74, 6) is 0.391. The first-order valence-electron chi connectivity index (χ1n) is 6.22. The third-order valence-corrected chi connectivity index (χ3v) is 3.06. The van der Waals surface area contributed by atoms with Crippen molar-refractivity contribution in [3.63, 3.8) is 0 Å². The molecule has 2 N–H and O–H groups in total. The van der Waals surface area contributed by atoms with Crippen molar-refractivity contribution in [1.29, 1.82) is 0 Å². The topological polar surface area (TPSA) is 62.3 Å². The number of rotatable bonds is 3. The van der Waals surface area contributed by atoms with Gasteiger partial charge in [0, 0.05) is 16.6 Å². The number of benzene rings is 2. The van der Waals surface area contributed by atoms with Gasteiger partial charge in [0.15, 0.2) is 0 Å². The van der Waals surface area contributed by atoms with Gasteiger partial charge in [-0.2, -0.15) is 0 Å². The van der Waals surface area contributed by atoms with Crippen LogP contribution in [0, 0.1) is 6.92 Å². The highest BCUT2D eigenvalue weighted by Crippen LogP contribution is 2.26. The zero-order chi connectivity index (χ0) is 14.1. The van der Waals surface area contributed by atoms with E-state index in [2.05, 4.69) is 11.1 Å². The van der Waals surface area contributed by atoms with Crippen LogP contribution in [0.15, 0.2) is 48.5 Å². The number of hydrogen-bond donors (Lipinski definition) is 2. The molecule has 0 fully saturated rings. The standard InChI is InChI=1S/C16H13NO3/c1-10-8-12-9-14(6-7-15(12)17-10)20-13-4-2-11(3-5-13)16(18)19/h2-9,17H,1H3,(H,18,19). The number of fused-ring (bicyclic) bond motifs is 1. The van der Waals surface area contributed by atoms with Gasteiger partial charge in [0.05, 0.1) is 5.56 Å². The summed E-state index contributed by atoms with van der Waals surface area (Å²) in [6.45, 7) is 2.01. The minimum Gasteiger partial charge on any atom is -0.478 e. The number of carboxylic acids is 1. The molecular formula is C16H13NO3. The van der Waals surface area contributed by atoms with Crippen molar-refractivity contribution < 1.29 is 14.6 Å². The molecule has 1 heterocycles. The summed E-state index contributed by atoms with van der Waals surface area (Å²) in [4.78, 5) is 14.0. The number of ether oxygens (including phenoxy) is 1. The summed E-state index contributed by atoms with van der Waals surface area (Å²) < 4.78 is 5.72. The molecule has 1 aromatic heterocycles. The van der Waals surface area contributed by atoms with Crippen molar-refractivity contribution in [2.24, 2.45) is 0 Å². The summed E-state index contributed by atoms with van der Waals surface area (Å²) >= 11 is 0. The van der Waals surface area contributed by atoms with Crippen molar-refractivity contribution in [2.45, 2.75) is 6.92 Å². The monoisotopic (exact) mass is 267 g/mol. The maximum atomic E-state index is 10.8. The molecule has 0 spiro atoms. The number of aromatic amines is 1. The van der Waals surface area contributed by atoms with Gasteiger partial charge in [0.1, 0.15) is 11.5 Å². The lowest BCUT2D eigenvalue weighted by Crippen LogP contribution is -1.95. The van der Waals surface area contributed by atoms with E-state index in [1.54, 1.807) is 12.1 Å². The Morgan fingerprint density at radius 3 is 2.45 bits per heavy atom. The van der Waals surface area contributed by atoms with Crippen LogP contribution in [0.1, 0.15) is 16.1 Å². The Balaban J connectivity index is 1.86. The van der Waals surface area contributed by atoms with Gasteiger partial charge in [-0.15, -0.1) is 0 Å². The fourth-order valence-corrected chi connectivity index (χ4v) is 2.12. The van der Waals surface area contributed by atoms with Crippen molar-refractivity contribution in [1.82, 2.24) is 4.98 Å². The van der Waals surface area contributed by atoms with E-state index in [-0.39, 0.29) is 5.56 Å². The van der Waals surface area contributed by atoms with E-state index in [0.717, 1.165) is 22.3 Å². The zero-order valence-corrected chi connectivity index (χ0v) is 10.9. The van der Waals surface area contributed by atoms with Gasteiger partial charge in [0.25, 0.3) is 0 Å². The van der Waals surface area contributed by atoms with E-state index in [9.17, 15) is 4.79 Å². The van der Waals surface area contributed by atoms with Gasteiger partial charge in [-0.05, 0) is 55.5 Å². The molecule has 0 unspecified atom stereocenters. The van der Waals surface area contributed by atoms with Gasteiger partial charge in [0.2, 0.25) is 0 Å². The first-order valence-corrected chi connectivity index (χ1v) is 6.22. The van der Waals surface area contributed by atoms with Crippen molar-refractivity contribution in [3.05, 3.63) is 59.8 Å². The first-order chi connectivity index (χ1) is 9.61. The molecule has 0 saturated heterocycles. The maximum absolute atomic E-state index is 10.8. The highest BCUT2D eigenvalue weighted by Gasteiger charge is 2.04. The van der Waals surface area contributed by atoms with Crippen LogP contribution in [0.4, 0.5) is 0 Å². The predicted molar refractivity (Wildman–Crippen MR) is 76.5 cm³/mol. The minimum atomic E-state index is -0.944. The number of hydrogen-bond acceptors (Lipinski definition) is 2. The molecule has 0 radical (unpaired) electrons. The predicted octanol–water partition coefficient (Wildman–Crippen LogP) is 3.97. The molecule has 0 bridgehead atoms. The molecule has 4 nitrogen and oxygen atoms in total. The Morgan fingerprint density at radius 2 is 1.75 bits per heavy atom. The Labute approximate surface area is 115 Å². The maximum Gasteiger partial charge on any atom is 0.335 e. The molecule has 0 aliphatic carbocycles. The molecule has 3 aromatic rings. The molecule has 0 aliphatic rings. The lowest BCUT2D eigenvalue weighted by Gasteiger charge is -2.06. The number of H-pyrrole nitrogens is 1. The fraction of sp³-hybridized carbons (Fsp3) is 0.0625. The molecule has 0 aliphatic heterocycles. The third kappa shape index (κ3) is 2.36. The van der Waals surface area contributed by atoms with Crippen LogP contribution in [0.3, 0.4) is 0 Å². The van der Waals surface area contributed by atoms with Crippen molar-refractivity contribution in [3.8, 4) is 11.5 Å². The van der Waals surface area contributed by atoms with Crippen LogP contribution < -0.4 is 4.74 Å². The largest absolute Gasteiger partial charge is 0.478 e. The molecule has 20 heavy (non-hydrogen) atoms. The lowest BCUT2D eigenvalue weighted by atomic mass is 10.2. The Hall–Kier alpha value is -2.75. The molecule has 3 rings (SSSR count). The summed E-state index contributed by atoms with van der Waals surface area (Å²) in [6, 6.07) is 14.2. The first kappa shape index (κ1) is 12.3. The quantitative estimate of drug-likeness (QED) is 0.754. The summed E-state index contributed by atoms with van der Waals surface area (Å²) in [5, 5.41) is 9.93. The summed E-state index contributed by atoms with van der Waals surface area (Å²) in [5.41, 5.74) is 2.41. The second-order valence-corrected chi connectivity index (χ2v) is 4.63. The Bertz CT molecular complexity index is 772. The van der Waals surface area contributed by atoms with Crippen LogP contribution in [-0.2, 0) is 0 Å². The number of carbonyl (C=O) groups is 1. The molecule has 0 amide bonds. The highest BCUT2D eigenvalue weighted by atomic mass is 16.5. The summed E-state index contributed by atoms with van der Waals surface area (Å²) in [6.07, 6.45) is 0. The second kappa shape index (κ2) is 4.74. The van der Waals surface area contributed by atoms with E-state index in [1.165, 1.54) is 12.1 Å². The number of aromatic nitrogens is 1. The van der Waals surface area contributed by atoms with Crippen LogP contribution in [0.5, 0.6) is 11.5 Å². The van der Waals surface area contributed by atoms with Crippen molar-refractivity contribution in [2.75, 3.05) is 0 Å². The van der Waals surface area contributed by atoms with Crippen LogP contribution in [0.2, 0.25) is 0 Å². The lowest BCUT2D eigenvalue weighted by molar-refractivity contribution is 0.0697. The van der Waals surface area contributed by atoms with Crippen molar-refractivity contribution >= 4 is 16.9 Å². The van der Waals surface area contributed by atoms with Crippen LogP contribution in [0.25, 0.3) is 10.9 Å². The average Bonchev–Trinajstić information content (AvgIpc) is 2.78. The van der Waals surface area contributed by atoms with Crippen LogP contribution in [-0.4, -0.2) is 16.1 Å². The van der Waals surface area contributed by atoms with Gasteiger partial charge in [-0.1, -0.05) is 0 Å². The van der Waals surface area contributed by atoms with E-state index in [1.807, 2.05) is 25.1 Å². The molecule has 100 valence electrons. The minimum absolute atomic E-state index is 0.245. The van der Waals surface area contributed by atoms with E-state index < -0.39 is 5.97 Å². The smallest absolute Gasteiger partial charge is 0.335 e. The molecule has 0 saturated carbocycles. The van der Waals surface area contributed by atoms with Gasteiger partial charge >= 0.3 is 5.97 Å². The van der Waals surface area contributed by atoms with E-state index in [0.29, 0.717) is 5.75 Å². The number of aromatic carboxylic acids is 1. The Kier molecular flexibility index (Phi) is 2.91. The molecule has 0 atom stereocenters. The molecule has 4 heteroatoms. The fourth-order valence-electron chi connectivity index (χ4n) is 2.12. The SMILES string of the molecule is Cc1cc2cc(Oc3ccc(C(=O)O)cc3)ccc2[nH]1. The highest BCUT2D eigenvalue weighted by molar-refractivity contribution is 5.87. The van der Waals surface area contributed by atoms with Gasteiger partial charge in [-0.3, -0.25) is 0 Å². The second-order valence-electron chi connectivity index (χ2n) is 4.63. The van der Waals surface area contributed by atoms with Crippen LogP contribution >= 0.6 is 0 Å². The summed E-state index contributed by atoms with van der Waals surface area (Å²) in [7, 11) is 0. The number of carboxylic acid groups (broad SMARTS) is 1. The van der Waals surface area contributed by atoms with E-state index >= 15 is 0 Å². The number of nitrogens with one attached hydrogen (secondary N) is 1. The zero-order valence-electron chi connectivity index (χ0n) is 10.9. The molecule has 2 aromatic carbocycles. The van der Waals surface area contributed by atoms with Gasteiger partial charge in [-0.25, -0.2) is 4.79 Å². The normalized spacial score (nSPS) is 10.7. The third-order valence-electron chi connectivity index (χ3n) is 3.06. The van der Waals surface area contributed by atoms with Gasteiger partial charge < -0.3 is 14.8 Å².